The number of carbonyl (C=O) groups is 2. The quantitative estimate of drug-likeness (QED) is 0.609. The van der Waals surface area contributed by atoms with Crippen molar-refractivity contribution in [1.29, 1.82) is 0 Å². The zero-order valence-corrected chi connectivity index (χ0v) is 16.1. The average Bonchev–Trinajstić information content (AvgIpc) is 3.29. The second-order valence-electron chi connectivity index (χ2n) is 5.73. The third-order valence-corrected chi connectivity index (χ3v) is 4.91. The van der Waals surface area contributed by atoms with E-state index in [4.69, 9.17) is 4.74 Å². The number of nitrogens with one attached hydrogen (secondary N) is 1. The fraction of sp³-hybridized carbons (Fsp3) is 0.278. The largest absolute Gasteiger partial charge is 0.462 e. The summed E-state index contributed by atoms with van der Waals surface area (Å²) in [5.74, 6) is -0.968. The number of carbonyl (C=O) groups excluding carboxylic acids is 2. The zero-order valence-electron chi connectivity index (χ0n) is 15.3. The van der Waals surface area contributed by atoms with Gasteiger partial charge in [-0.15, -0.1) is 21.5 Å². The molecular formula is C18H18FN5O3S. The van der Waals surface area contributed by atoms with Crippen molar-refractivity contribution in [1.82, 2.24) is 20.2 Å². The van der Waals surface area contributed by atoms with Crippen LogP contribution in [0.15, 0.2) is 30.3 Å². The normalized spacial score (nSPS) is 10.7. The fourth-order valence-corrected chi connectivity index (χ4v) is 3.39. The third kappa shape index (κ3) is 4.58. The number of rotatable bonds is 7. The number of esters is 1. The average molecular weight is 403 g/mol. The number of nitrogens with zero attached hydrogens (tertiary/aromatic N) is 4. The zero-order chi connectivity index (χ0) is 20.1. The Labute approximate surface area is 164 Å². The highest BCUT2D eigenvalue weighted by Crippen LogP contribution is 2.29. The van der Waals surface area contributed by atoms with Gasteiger partial charge in [-0.2, -0.15) is 4.80 Å². The van der Waals surface area contributed by atoms with E-state index < -0.39 is 11.9 Å². The number of halogens is 1. The number of benzene rings is 1. The molecule has 2 aromatic heterocycles. The first-order valence-corrected chi connectivity index (χ1v) is 9.45. The highest BCUT2D eigenvalue weighted by molar-refractivity contribution is 7.16. The van der Waals surface area contributed by atoms with Gasteiger partial charge in [0.1, 0.15) is 17.4 Å². The maximum Gasteiger partial charge on any atom is 0.341 e. The molecule has 0 saturated heterocycles. The van der Waals surface area contributed by atoms with Crippen molar-refractivity contribution < 1.29 is 18.7 Å². The minimum atomic E-state index is -0.480. The summed E-state index contributed by atoms with van der Waals surface area (Å²) in [5, 5.41) is 15.0. The van der Waals surface area contributed by atoms with E-state index in [0.29, 0.717) is 16.1 Å². The van der Waals surface area contributed by atoms with E-state index in [1.807, 2.05) is 6.92 Å². The highest BCUT2D eigenvalue weighted by atomic mass is 32.1. The number of hydrogen-bond donors (Lipinski definition) is 1. The van der Waals surface area contributed by atoms with Crippen molar-refractivity contribution >= 4 is 28.2 Å². The van der Waals surface area contributed by atoms with Gasteiger partial charge in [0.2, 0.25) is 11.7 Å². The number of amides is 1. The van der Waals surface area contributed by atoms with E-state index in [9.17, 15) is 14.0 Å². The summed E-state index contributed by atoms with van der Waals surface area (Å²) in [6.07, 6.45) is 0.735. The smallest absolute Gasteiger partial charge is 0.341 e. The Morgan fingerprint density at radius 2 is 2.00 bits per heavy atom. The summed E-state index contributed by atoms with van der Waals surface area (Å²) >= 11 is 1.32. The van der Waals surface area contributed by atoms with Crippen LogP contribution in [-0.2, 0) is 22.5 Å². The van der Waals surface area contributed by atoms with Crippen molar-refractivity contribution in [2.75, 3.05) is 11.9 Å². The number of anilines is 1. The number of aryl methyl sites for hydroxylation is 1. The number of tetrazole rings is 1. The Morgan fingerprint density at radius 3 is 2.68 bits per heavy atom. The Kier molecular flexibility index (Phi) is 6.09. The lowest BCUT2D eigenvalue weighted by molar-refractivity contribution is -0.117. The van der Waals surface area contributed by atoms with Gasteiger partial charge in [0.05, 0.1) is 12.2 Å². The van der Waals surface area contributed by atoms with Crippen LogP contribution in [0.4, 0.5) is 9.39 Å². The van der Waals surface area contributed by atoms with Gasteiger partial charge in [-0.25, -0.2) is 9.18 Å². The molecule has 10 heteroatoms. The molecule has 0 saturated carbocycles. The van der Waals surface area contributed by atoms with Gasteiger partial charge in [-0.3, -0.25) is 4.79 Å². The van der Waals surface area contributed by atoms with Crippen LogP contribution < -0.4 is 5.32 Å². The van der Waals surface area contributed by atoms with Crippen molar-refractivity contribution in [3.05, 3.63) is 46.6 Å². The van der Waals surface area contributed by atoms with Gasteiger partial charge >= 0.3 is 5.97 Å². The summed E-state index contributed by atoms with van der Waals surface area (Å²) < 4.78 is 18.0. The molecule has 0 aliphatic heterocycles. The maximum absolute atomic E-state index is 13.0. The predicted octanol–water partition coefficient (Wildman–Crippen LogP) is 2.92. The standard InChI is InChI=1S/C18H18FN5O3S/c1-3-13-9-14(18(26)27-4-2)17(28-13)20-15(25)10-24-22-16(21-23-24)11-5-7-12(19)8-6-11/h5-9H,3-4,10H2,1-2H3,(H,20,25). The van der Waals surface area contributed by atoms with Crippen LogP contribution in [0.3, 0.4) is 0 Å². The second-order valence-corrected chi connectivity index (χ2v) is 6.86. The molecule has 0 unspecified atom stereocenters. The third-order valence-electron chi connectivity index (χ3n) is 3.72. The van der Waals surface area contributed by atoms with E-state index in [-0.39, 0.29) is 24.8 Å². The molecule has 1 amide bonds. The maximum atomic E-state index is 13.0. The SMILES string of the molecule is CCOC(=O)c1cc(CC)sc1NC(=O)Cn1nnc(-c2ccc(F)cc2)n1. The van der Waals surface area contributed by atoms with E-state index in [2.05, 4.69) is 20.7 Å². The first kappa shape index (κ1) is 19.6. The molecule has 3 aromatic rings. The molecule has 0 fully saturated rings. The van der Waals surface area contributed by atoms with Crippen LogP contribution in [0.25, 0.3) is 11.4 Å². The molecule has 1 aromatic carbocycles. The van der Waals surface area contributed by atoms with Crippen LogP contribution in [0.2, 0.25) is 0 Å². The predicted molar refractivity (Wildman–Crippen MR) is 101 cm³/mol. The van der Waals surface area contributed by atoms with Crippen molar-refractivity contribution in [3.8, 4) is 11.4 Å². The lowest BCUT2D eigenvalue weighted by atomic mass is 10.2. The number of ether oxygens (including phenoxy) is 1. The van der Waals surface area contributed by atoms with Gasteiger partial charge in [0.15, 0.2) is 0 Å². The molecule has 146 valence electrons. The lowest BCUT2D eigenvalue weighted by Gasteiger charge is -2.05. The molecule has 3 rings (SSSR count). The van der Waals surface area contributed by atoms with Crippen molar-refractivity contribution in [3.63, 3.8) is 0 Å². The minimum Gasteiger partial charge on any atom is -0.462 e. The molecule has 0 spiro atoms. The molecule has 8 nitrogen and oxygen atoms in total. The lowest BCUT2D eigenvalue weighted by Crippen LogP contribution is -2.21. The monoisotopic (exact) mass is 403 g/mol. The summed E-state index contributed by atoms with van der Waals surface area (Å²) in [5.41, 5.74) is 0.916. The first-order valence-electron chi connectivity index (χ1n) is 8.63. The van der Waals surface area contributed by atoms with Crippen LogP contribution >= 0.6 is 11.3 Å². The minimum absolute atomic E-state index is 0.185. The van der Waals surface area contributed by atoms with E-state index in [1.54, 1.807) is 13.0 Å². The van der Waals surface area contributed by atoms with Gasteiger partial charge in [0.25, 0.3) is 0 Å². The molecule has 0 radical (unpaired) electrons. The molecule has 0 aliphatic carbocycles. The second kappa shape index (κ2) is 8.70. The van der Waals surface area contributed by atoms with Gasteiger partial charge in [0, 0.05) is 10.4 Å². The molecule has 2 heterocycles. The van der Waals surface area contributed by atoms with Crippen LogP contribution in [0.5, 0.6) is 0 Å². The Morgan fingerprint density at radius 1 is 1.25 bits per heavy atom. The number of hydrogen-bond acceptors (Lipinski definition) is 7. The molecule has 0 bridgehead atoms. The Hall–Kier alpha value is -3.14. The number of thiophene rings is 1. The van der Waals surface area contributed by atoms with Crippen LogP contribution in [0.1, 0.15) is 29.1 Å². The van der Waals surface area contributed by atoms with Crippen molar-refractivity contribution in [2.45, 2.75) is 26.8 Å². The first-order chi connectivity index (χ1) is 13.5. The fourth-order valence-electron chi connectivity index (χ4n) is 2.39. The Bertz CT molecular complexity index is 984. The van der Waals surface area contributed by atoms with E-state index in [1.165, 1.54) is 35.6 Å². The van der Waals surface area contributed by atoms with Gasteiger partial charge in [-0.05, 0) is 48.9 Å². The summed E-state index contributed by atoms with van der Waals surface area (Å²) in [6.45, 7) is 3.75. The topological polar surface area (TPSA) is 99.0 Å². The van der Waals surface area contributed by atoms with Crippen LogP contribution in [-0.4, -0.2) is 38.7 Å². The molecule has 1 N–H and O–H groups in total. The molecular weight excluding hydrogens is 385 g/mol. The Balaban J connectivity index is 1.70. The van der Waals surface area contributed by atoms with Crippen molar-refractivity contribution in [2.24, 2.45) is 0 Å². The molecule has 0 aliphatic rings. The summed E-state index contributed by atoms with van der Waals surface area (Å²) in [7, 11) is 0. The van der Waals surface area contributed by atoms with Gasteiger partial charge < -0.3 is 10.1 Å². The number of aromatic nitrogens is 4. The highest BCUT2D eigenvalue weighted by Gasteiger charge is 2.19. The van der Waals surface area contributed by atoms with Gasteiger partial charge in [-0.1, -0.05) is 6.92 Å². The molecule has 0 atom stereocenters. The summed E-state index contributed by atoms with van der Waals surface area (Å²) in [4.78, 5) is 26.5. The van der Waals surface area contributed by atoms with E-state index >= 15 is 0 Å². The molecule has 28 heavy (non-hydrogen) atoms. The van der Waals surface area contributed by atoms with E-state index in [0.717, 1.165) is 16.1 Å². The summed E-state index contributed by atoms with van der Waals surface area (Å²) in [6, 6.07) is 7.36. The van der Waals surface area contributed by atoms with Crippen LogP contribution in [0, 0.1) is 5.82 Å².